The average Bonchev–Trinajstić information content (AvgIpc) is 3.50. The zero-order valence-electron chi connectivity index (χ0n) is 27.3. The van der Waals surface area contributed by atoms with E-state index >= 15 is 0 Å². The number of ether oxygens (including phenoxy) is 1. The molecule has 8 aromatic rings. The summed E-state index contributed by atoms with van der Waals surface area (Å²) in [7, 11) is 0. The molecule has 0 unspecified atom stereocenters. The maximum Gasteiger partial charge on any atom is 0.338 e. The first-order chi connectivity index (χ1) is 24.7. The highest BCUT2D eigenvalue weighted by Gasteiger charge is 2.23. The van der Waals surface area contributed by atoms with Gasteiger partial charge in [0.1, 0.15) is 0 Å². The molecule has 0 spiro atoms. The SMILES string of the molecule is O=C1OCCc2ccc(-n3c4ccc(N(c5ccccc5)c5ccccc5)cc4c4cc(N(c5ccccc5)c5ccccc5)ccc43)cc21. The topological polar surface area (TPSA) is 37.7 Å². The Balaban J connectivity index is 1.31. The van der Waals surface area contributed by atoms with Crippen LogP contribution in [-0.2, 0) is 11.2 Å². The molecule has 50 heavy (non-hydrogen) atoms. The van der Waals surface area contributed by atoms with Gasteiger partial charge < -0.3 is 19.1 Å². The van der Waals surface area contributed by atoms with Gasteiger partial charge in [0.15, 0.2) is 0 Å². The molecule has 0 fully saturated rings. The maximum atomic E-state index is 12.9. The van der Waals surface area contributed by atoms with Gasteiger partial charge >= 0.3 is 5.97 Å². The molecule has 0 aliphatic carbocycles. The Morgan fingerprint density at radius 3 is 1.34 bits per heavy atom. The molecular formula is C45H33N3O2. The van der Waals surface area contributed by atoms with Crippen LogP contribution in [0.15, 0.2) is 176 Å². The summed E-state index contributed by atoms with van der Waals surface area (Å²) in [6, 6.07) is 61.4. The van der Waals surface area contributed by atoms with Gasteiger partial charge in [0.2, 0.25) is 0 Å². The molecule has 0 amide bonds. The highest BCUT2D eigenvalue weighted by molar-refractivity contribution is 6.12. The summed E-state index contributed by atoms with van der Waals surface area (Å²) in [5.41, 5.74) is 11.1. The summed E-state index contributed by atoms with van der Waals surface area (Å²) in [5.74, 6) is -0.263. The molecule has 7 aromatic carbocycles. The molecule has 5 nitrogen and oxygen atoms in total. The number of cyclic esters (lactones) is 1. The number of esters is 1. The normalized spacial score (nSPS) is 12.4. The molecule has 5 heteroatoms. The molecule has 0 saturated heterocycles. The number of nitrogens with zero attached hydrogens (tertiary/aromatic N) is 3. The van der Waals surface area contributed by atoms with E-state index in [1.54, 1.807) is 0 Å². The van der Waals surface area contributed by atoms with Crippen molar-refractivity contribution in [1.29, 1.82) is 0 Å². The largest absolute Gasteiger partial charge is 0.462 e. The number of hydrogen-bond donors (Lipinski definition) is 0. The van der Waals surface area contributed by atoms with Gasteiger partial charge in [-0.25, -0.2) is 4.79 Å². The predicted molar refractivity (Wildman–Crippen MR) is 204 cm³/mol. The minimum Gasteiger partial charge on any atom is -0.462 e. The first kappa shape index (κ1) is 29.5. The van der Waals surface area contributed by atoms with E-state index in [1.807, 2.05) is 30.3 Å². The third-order valence-electron chi connectivity index (χ3n) is 9.48. The van der Waals surface area contributed by atoms with E-state index < -0.39 is 0 Å². The van der Waals surface area contributed by atoms with E-state index in [0.29, 0.717) is 12.2 Å². The number of aromatic nitrogens is 1. The van der Waals surface area contributed by atoms with E-state index in [4.69, 9.17) is 4.74 Å². The molecule has 9 rings (SSSR count). The van der Waals surface area contributed by atoms with Gasteiger partial charge in [-0.1, -0.05) is 78.9 Å². The Labute approximate surface area is 290 Å². The fraction of sp³-hybridized carbons (Fsp3) is 0.0444. The smallest absolute Gasteiger partial charge is 0.338 e. The van der Waals surface area contributed by atoms with E-state index in [2.05, 4.69) is 160 Å². The second-order valence-corrected chi connectivity index (χ2v) is 12.5. The minimum atomic E-state index is -0.263. The molecule has 240 valence electrons. The van der Waals surface area contributed by atoms with E-state index in [1.165, 1.54) is 0 Å². The van der Waals surface area contributed by atoms with Crippen LogP contribution in [0.5, 0.6) is 0 Å². The van der Waals surface area contributed by atoms with Crippen molar-refractivity contribution in [1.82, 2.24) is 4.57 Å². The molecule has 1 aromatic heterocycles. The number of fused-ring (bicyclic) bond motifs is 4. The molecule has 0 N–H and O–H groups in total. The maximum absolute atomic E-state index is 12.9. The summed E-state index contributed by atoms with van der Waals surface area (Å²) in [4.78, 5) is 17.5. The van der Waals surface area contributed by atoms with E-state index in [-0.39, 0.29) is 5.97 Å². The van der Waals surface area contributed by atoms with Crippen molar-refractivity contribution in [2.24, 2.45) is 0 Å². The molecule has 0 bridgehead atoms. The highest BCUT2D eigenvalue weighted by atomic mass is 16.5. The van der Waals surface area contributed by atoms with Crippen LogP contribution in [0.3, 0.4) is 0 Å². The molecule has 0 saturated carbocycles. The Morgan fingerprint density at radius 2 is 0.900 bits per heavy atom. The second kappa shape index (κ2) is 12.5. The lowest BCUT2D eigenvalue weighted by Gasteiger charge is -2.26. The molecule has 0 atom stereocenters. The summed E-state index contributed by atoms with van der Waals surface area (Å²) in [6.45, 7) is 0.421. The monoisotopic (exact) mass is 647 g/mol. The third-order valence-corrected chi connectivity index (χ3v) is 9.48. The lowest BCUT2D eigenvalue weighted by molar-refractivity contribution is 0.0480. The molecular weight excluding hydrogens is 615 g/mol. The fourth-order valence-corrected chi connectivity index (χ4v) is 7.20. The summed E-state index contributed by atoms with van der Waals surface area (Å²) < 4.78 is 7.71. The zero-order chi connectivity index (χ0) is 33.4. The van der Waals surface area contributed by atoms with Crippen molar-refractivity contribution < 1.29 is 9.53 Å². The highest BCUT2D eigenvalue weighted by Crippen LogP contribution is 2.42. The number of para-hydroxylation sites is 4. The van der Waals surface area contributed by atoms with Crippen molar-refractivity contribution >= 4 is 61.9 Å². The van der Waals surface area contributed by atoms with Gasteiger partial charge in [-0.15, -0.1) is 0 Å². The Bertz CT molecular complexity index is 2260. The number of anilines is 6. The Kier molecular flexibility index (Phi) is 7.36. The van der Waals surface area contributed by atoms with Crippen LogP contribution < -0.4 is 9.80 Å². The van der Waals surface area contributed by atoms with Gasteiger partial charge in [0, 0.05) is 57.0 Å². The lowest BCUT2D eigenvalue weighted by Crippen LogP contribution is -2.17. The summed E-state index contributed by atoms with van der Waals surface area (Å²) in [5, 5.41) is 2.22. The van der Waals surface area contributed by atoms with Crippen LogP contribution in [-0.4, -0.2) is 17.1 Å². The fourth-order valence-electron chi connectivity index (χ4n) is 7.20. The standard InChI is InChI=1S/C45H33N3O2/c49-45-40-29-39(22-21-32(40)27-28-50-45)48-43-25-23-37(46(33-13-5-1-6-14-33)34-15-7-2-8-16-34)30-41(43)42-31-38(24-26-44(42)48)47(35-17-9-3-10-18-35)36-19-11-4-12-20-36/h1-26,29-31H,27-28H2. The molecule has 0 radical (unpaired) electrons. The van der Waals surface area contributed by atoms with Crippen molar-refractivity contribution in [3.63, 3.8) is 0 Å². The van der Waals surface area contributed by atoms with E-state index in [0.717, 1.165) is 73.6 Å². The van der Waals surface area contributed by atoms with Crippen LogP contribution in [0.4, 0.5) is 34.1 Å². The number of rotatable bonds is 7. The van der Waals surface area contributed by atoms with Gasteiger partial charge in [-0.3, -0.25) is 0 Å². The predicted octanol–water partition coefficient (Wildman–Crippen LogP) is 11.4. The van der Waals surface area contributed by atoms with Gasteiger partial charge in [0.05, 0.1) is 23.2 Å². The zero-order valence-corrected chi connectivity index (χ0v) is 27.3. The van der Waals surface area contributed by atoms with Crippen molar-refractivity contribution in [3.8, 4) is 5.69 Å². The number of hydrogen-bond acceptors (Lipinski definition) is 4. The van der Waals surface area contributed by atoms with E-state index in [9.17, 15) is 4.79 Å². The first-order valence-corrected chi connectivity index (χ1v) is 16.9. The lowest BCUT2D eigenvalue weighted by atomic mass is 10.0. The van der Waals surface area contributed by atoms with Crippen LogP contribution in [0.2, 0.25) is 0 Å². The summed E-state index contributed by atoms with van der Waals surface area (Å²) in [6.07, 6.45) is 0.727. The summed E-state index contributed by atoms with van der Waals surface area (Å²) >= 11 is 0. The van der Waals surface area contributed by atoms with Gasteiger partial charge in [-0.05, 0) is 103 Å². The third kappa shape index (κ3) is 5.17. The van der Waals surface area contributed by atoms with Gasteiger partial charge in [-0.2, -0.15) is 0 Å². The second-order valence-electron chi connectivity index (χ2n) is 12.5. The van der Waals surface area contributed by atoms with Crippen LogP contribution in [0.1, 0.15) is 15.9 Å². The minimum absolute atomic E-state index is 0.263. The Morgan fingerprint density at radius 1 is 0.460 bits per heavy atom. The van der Waals surface area contributed by atoms with Crippen LogP contribution in [0.25, 0.3) is 27.5 Å². The number of benzene rings is 7. The van der Waals surface area contributed by atoms with Crippen molar-refractivity contribution in [2.45, 2.75) is 6.42 Å². The van der Waals surface area contributed by atoms with Gasteiger partial charge in [0.25, 0.3) is 0 Å². The quantitative estimate of drug-likeness (QED) is 0.161. The molecule has 1 aliphatic heterocycles. The number of carbonyl (C=O) groups is 1. The molecule has 1 aliphatic rings. The first-order valence-electron chi connectivity index (χ1n) is 16.9. The number of carbonyl (C=O) groups excluding carboxylic acids is 1. The molecule has 2 heterocycles. The van der Waals surface area contributed by atoms with Crippen molar-refractivity contribution in [2.75, 3.05) is 16.4 Å². The average molecular weight is 648 g/mol. The van der Waals surface area contributed by atoms with Crippen molar-refractivity contribution in [3.05, 3.63) is 187 Å². The van der Waals surface area contributed by atoms with Crippen LogP contribution >= 0.6 is 0 Å². The van der Waals surface area contributed by atoms with Crippen LogP contribution in [0, 0.1) is 0 Å². The Hall–Kier alpha value is -6.59.